The Kier molecular flexibility index (Phi) is 7.46. The number of rotatable bonds is 4. The Morgan fingerprint density at radius 1 is 0.708 bits per heavy atom. The zero-order valence-electron chi connectivity index (χ0n) is 14.6. The van der Waals surface area contributed by atoms with Gasteiger partial charge in [-0.05, 0) is 54.8 Å². The first-order valence-corrected chi connectivity index (χ1v) is 8.69. The summed E-state index contributed by atoms with van der Waals surface area (Å²) in [6.45, 7) is 4.33. The zero-order chi connectivity index (χ0) is 17.0. The third kappa shape index (κ3) is 6.20. The molecule has 0 fully saturated rings. The summed E-state index contributed by atoms with van der Waals surface area (Å²) in [6.07, 6.45) is 8.74. The normalized spacial score (nSPS) is 9.92. The minimum atomic E-state index is 0.950. The molecule has 0 radical (unpaired) electrons. The van der Waals surface area contributed by atoms with Crippen LogP contribution in [0.2, 0.25) is 0 Å². The number of hydrogen-bond donors (Lipinski definition) is 0. The van der Waals surface area contributed by atoms with Crippen molar-refractivity contribution >= 4 is 6.08 Å². The highest BCUT2D eigenvalue weighted by molar-refractivity contribution is 5.52. The molecule has 2 aromatic rings. The molecular weight excluding hydrogens is 288 g/mol. The second-order valence-electron chi connectivity index (χ2n) is 5.69. The van der Waals surface area contributed by atoms with Crippen LogP contribution in [-0.2, 0) is 0 Å². The summed E-state index contributed by atoms with van der Waals surface area (Å²) < 4.78 is 0. The molecule has 0 unspecified atom stereocenters. The molecule has 0 aliphatic rings. The SMILES string of the molecule is CCCC#Cc1ccc(C#Cc2ccc(/C=C/CCC)cc2)cc1. The Labute approximate surface area is 146 Å². The van der Waals surface area contributed by atoms with E-state index in [1.54, 1.807) is 0 Å². The molecule has 24 heavy (non-hydrogen) atoms. The molecule has 0 aliphatic heterocycles. The molecule has 2 aromatic carbocycles. The van der Waals surface area contributed by atoms with Gasteiger partial charge in [0.2, 0.25) is 0 Å². The predicted octanol–water partition coefficient (Wildman–Crippen LogP) is 6.05. The Balaban J connectivity index is 2.00. The predicted molar refractivity (Wildman–Crippen MR) is 105 cm³/mol. The van der Waals surface area contributed by atoms with E-state index in [1.165, 1.54) is 12.0 Å². The molecule has 0 amide bonds. The lowest BCUT2D eigenvalue weighted by atomic mass is 10.1. The average Bonchev–Trinajstić information content (AvgIpc) is 2.63. The van der Waals surface area contributed by atoms with E-state index in [0.29, 0.717) is 0 Å². The molecular formula is C24H24. The molecule has 0 heterocycles. The lowest BCUT2D eigenvalue weighted by Crippen LogP contribution is -1.79. The lowest BCUT2D eigenvalue weighted by Gasteiger charge is -1.95. The molecule has 0 heteroatoms. The second-order valence-corrected chi connectivity index (χ2v) is 5.69. The highest BCUT2D eigenvalue weighted by atomic mass is 13.9. The molecule has 0 spiro atoms. The molecule has 0 aliphatic carbocycles. The van der Waals surface area contributed by atoms with Crippen LogP contribution in [0, 0.1) is 23.7 Å². The van der Waals surface area contributed by atoms with Gasteiger partial charge in [0, 0.05) is 23.1 Å². The van der Waals surface area contributed by atoms with Crippen molar-refractivity contribution in [3.63, 3.8) is 0 Å². The molecule has 0 saturated carbocycles. The van der Waals surface area contributed by atoms with E-state index >= 15 is 0 Å². The first kappa shape index (κ1) is 17.7. The monoisotopic (exact) mass is 312 g/mol. The van der Waals surface area contributed by atoms with Crippen molar-refractivity contribution in [2.45, 2.75) is 39.5 Å². The van der Waals surface area contributed by atoms with Crippen LogP contribution in [0.3, 0.4) is 0 Å². The smallest absolute Gasteiger partial charge is 0.0249 e. The van der Waals surface area contributed by atoms with Gasteiger partial charge in [-0.15, -0.1) is 0 Å². The Morgan fingerprint density at radius 2 is 1.25 bits per heavy atom. The van der Waals surface area contributed by atoms with E-state index in [4.69, 9.17) is 0 Å². The van der Waals surface area contributed by atoms with Crippen LogP contribution in [0.5, 0.6) is 0 Å². The van der Waals surface area contributed by atoms with Crippen molar-refractivity contribution in [1.29, 1.82) is 0 Å². The van der Waals surface area contributed by atoms with Gasteiger partial charge in [-0.2, -0.15) is 0 Å². The van der Waals surface area contributed by atoms with Gasteiger partial charge in [-0.3, -0.25) is 0 Å². The number of hydrogen-bond acceptors (Lipinski definition) is 0. The molecule has 0 aromatic heterocycles. The topological polar surface area (TPSA) is 0 Å². The molecule has 0 atom stereocenters. The highest BCUT2D eigenvalue weighted by Crippen LogP contribution is 2.07. The first-order chi connectivity index (χ1) is 11.8. The summed E-state index contributed by atoms with van der Waals surface area (Å²) >= 11 is 0. The molecule has 0 bridgehead atoms. The van der Waals surface area contributed by atoms with Crippen molar-refractivity contribution in [2.24, 2.45) is 0 Å². The second kappa shape index (κ2) is 10.1. The standard InChI is InChI=1S/C24H24/c1-3-5-7-9-21-11-15-23(16-12-21)19-20-24-17-13-22(14-18-24)10-8-6-4-2/h7,9,11-18H,3-6H2,1-2H3/b9-7+. The van der Waals surface area contributed by atoms with Gasteiger partial charge in [0.05, 0.1) is 0 Å². The van der Waals surface area contributed by atoms with Crippen LogP contribution < -0.4 is 0 Å². The summed E-state index contributed by atoms with van der Waals surface area (Å²) in [5.74, 6) is 12.8. The van der Waals surface area contributed by atoms with Crippen molar-refractivity contribution in [1.82, 2.24) is 0 Å². The van der Waals surface area contributed by atoms with Crippen molar-refractivity contribution in [3.05, 3.63) is 76.9 Å². The fourth-order valence-electron chi connectivity index (χ4n) is 2.13. The van der Waals surface area contributed by atoms with Gasteiger partial charge >= 0.3 is 0 Å². The van der Waals surface area contributed by atoms with Crippen LogP contribution in [0.15, 0.2) is 54.6 Å². The fourth-order valence-corrected chi connectivity index (χ4v) is 2.13. The average molecular weight is 312 g/mol. The summed E-state index contributed by atoms with van der Waals surface area (Å²) in [7, 11) is 0. The van der Waals surface area contributed by atoms with Crippen LogP contribution in [0.25, 0.3) is 6.08 Å². The van der Waals surface area contributed by atoms with E-state index in [9.17, 15) is 0 Å². The van der Waals surface area contributed by atoms with Crippen LogP contribution in [-0.4, -0.2) is 0 Å². The van der Waals surface area contributed by atoms with Gasteiger partial charge in [0.1, 0.15) is 0 Å². The minimum absolute atomic E-state index is 0.950. The zero-order valence-corrected chi connectivity index (χ0v) is 14.6. The van der Waals surface area contributed by atoms with Gasteiger partial charge in [-0.25, -0.2) is 0 Å². The van der Waals surface area contributed by atoms with Crippen molar-refractivity contribution < 1.29 is 0 Å². The molecule has 0 N–H and O–H groups in total. The van der Waals surface area contributed by atoms with Gasteiger partial charge < -0.3 is 0 Å². The summed E-state index contributed by atoms with van der Waals surface area (Å²) in [5.41, 5.74) is 4.33. The summed E-state index contributed by atoms with van der Waals surface area (Å²) in [4.78, 5) is 0. The lowest BCUT2D eigenvalue weighted by molar-refractivity contribution is 0.962. The molecule has 0 nitrogen and oxygen atoms in total. The maximum Gasteiger partial charge on any atom is 0.0249 e. The largest absolute Gasteiger partial charge is 0.0979 e. The van der Waals surface area contributed by atoms with E-state index in [2.05, 4.69) is 73.9 Å². The Hall–Kier alpha value is -2.70. The Bertz CT molecular complexity index is 766. The molecule has 2 rings (SSSR count). The molecule has 120 valence electrons. The van der Waals surface area contributed by atoms with Crippen LogP contribution in [0.4, 0.5) is 0 Å². The first-order valence-electron chi connectivity index (χ1n) is 8.69. The summed E-state index contributed by atoms with van der Waals surface area (Å²) in [5, 5.41) is 0. The van der Waals surface area contributed by atoms with Crippen LogP contribution in [0.1, 0.15) is 61.8 Å². The third-order valence-corrected chi connectivity index (χ3v) is 3.52. The number of allylic oxidation sites excluding steroid dienone is 1. The van der Waals surface area contributed by atoms with E-state index in [-0.39, 0.29) is 0 Å². The highest BCUT2D eigenvalue weighted by Gasteiger charge is 1.90. The maximum absolute atomic E-state index is 3.22. The van der Waals surface area contributed by atoms with Gasteiger partial charge in [-0.1, -0.05) is 68.2 Å². The van der Waals surface area contributed by atoms with Crippen LogP contribution >= 0.6 is 0 Å². The van der Waals surface area contributed by atoms with Gasteiger partial charge in [0.25, 0.3) is 0 Å². The van der Waals surface area contributed by atoms with E-state index in [1.807, 2.05) is 24.3 Å². The van der Waals surface area contributed by atoms with Crippen molar-refractivity contribution in [2.75, 3.05) is 0 Å². The quantitative estimate of drug-likeness (QED) is 0.603. The molecule has 0 saturated heterocycles. The van der Waals surface area contributed by atoms with E-state index in [0.717, 1.165) is 36.0 Å². The number of benzene rings is 2. The third-order valence-electron chi connectivity index (χ3n) is 3.52. The summed E-state index contributed by atoms with van der Waals surface area (Å²) in [6, 6.07) is 16.5. The number of unbranched alkanes of at least 4 members (excludes halogenated alkanes) is 2. The Morgan fingerprint density at radius 3 is 1.79 bits per heavy atom. The van der Waals surface area contributed by atoms with E-state index < -0.39 is 0 Å². The maximum atomic E-state index is 3.22. The minimum Gasteiger partial charge on any atom is -0.0979 e. The fraction of sp³-hybridized carbons (Fsp3) is 0.250. The van der Waals surface area contributed by atoms with Gasteiger partial charge in [0.15, 0.2) is 0 Å². The van der Waals surface area contributed by atoms with Crippen molar-refractivity contribution in [3.8, 4) is 23.7 Å².